The first-order chi connectivity index (χ1) is 10.4. The lowest BCUT2D eigenvalue weighted by atomic mass is 10.2. The molecule has 0 saturated carbocycles. The van der Waals surface area contributed by atoms with Gasteiger partial charge >= 0.3 is 0 Å². The third-order valence-electron chi connectivity index (χ3n) is 3.68. The zero-order chi connectivity index (χ0) is 14.6. The molecule has 2 rings (SSSR count). The first-order valence-electron chi connectivity index (χ1n) is 8.41. The van der Waals surface area contributed by atoms with Crippen LogP contribution in [-0.4, -0.2) is 65.1 Å². The van der Waals surface area contributed by atoms with E-state index in [0.29, 0.717) is 38.6 Å². The van der Waals surface area contributed by atoms with E-state index in [4.69, 9.17) is 23.7 Å². The Labute approximate surface area is 128 Å². The first kappa shape index (κ1) is 17.2. The molecular formula is C16H30O5. The molecular weight excluding hydrogens is 272 g/mol. The van der Waals surface area contributed by atoms with Gasteiger partial charge in [0.25, 0.3) is 0 Å². The summed E-state index contributed by atoms with van der Waals surface area (Å²) in [6.45, 7) is 6.27. The van der Waals surface area contributed by atoms with Crippen LogP contribution in [0.4, 0.5) is 0 Å². The number of hydrogen-bond acceptors (Lipinski definition) is 5. The minimum absolute atomic E-state index is 0.551. The minimum atomic E-state index is 0.551. The molecule has 0 aromatic carbocycles. The van der Waals surface area contributed by atoms with Gasteiger partial charge in [-0.05, 0) is 38.5 Å². The molecule has 0 aliphatic carbocycles. The molecule has 2 aliphatic rings. The van der Waals surface area contributed by atoms with Gasteiger partial charge in [-0.25, -0.2) is 0 Å². The Morgan fingerprint density at radius 1 is 0.571 bits per heavy atom. The van der Waals surface area contributed by atoms with E-state index in [1.54, 1.807) is 0 Å². The van der Waals surface area contributed by atoms with Crippen LogP contribution in [0.3, 0.4) is 0 Å². The number of hydrogen-bond donors (Lipinski definition) is 0. The van der Waals surface area contributed by atoms with E-state index in [9.17, 15) is 0 Å². The summed E-state index contributed by atoms with van der Waals surface area (Å²) in [5.41, 5.74) is 0. The lowest BCUT2D eigenvalue weighted by molar-refractivity contribution is 0.0131. The molecule has 0 bridgehead atoms. The van der Waals surface area contributed by atoms with Crippen molar-refractivity contribution in [2.75, 3.05) is 52.9 Å². The highest BCUT2D eigenvalue weighted by Gasteiger charge is 2.21. The lowest BCUT2D eigenvalue weighted by Crippen LogP contribution is -2.10. The average Bonchev–Trinajstić information content (AvgIpc) is 3.37. The second-order valence-electron chi connectivity index (χ2n) is 5.74. The van der Waals surface area contributed by atoms with Gasteiger partial charge in [-0.2, -0.15) is 0 Å². The molecule has 2 heterocycles. The van der Waals surface area contributed by atoms with E-state index >= 15 is 0 Å². The summed E-state index contributed by atoms with van der Waals surface area (Å²) in [7, 11) is 0. The first-order valence-corrected chi connectivity index (χ1v) is 8.41. The number of unbranched alkanes of at least 4 members (excludes halogenated alkanes) is 2. The van der Waals surface area contributed by atoms with Crippen LogP contribution in [0.2, 0.25) is 0 Å². The summed E-state index contributed by atoms with van der Waals surface area (Å²) >= 11 is 0. The van der Waals surface area contributed by atoms with E-state index in [1.165, 1.54) is 25.7 Å². The van der Waals surface area contributed by atoms with Gasteiger partial charge in [-0.15, -0.1) is 0 Å². The largest absolute Gasteiger partial charge is 0.379 e. The second kappa shape index (κ2) is 11.4. The van der Waals surface area contributed by atoms with E-state index in [2.05, 4.69) is 0 Å². The molecule has 2 fully saturated rings. The molecule has 21 heavy (non-hydrogen) atoms. The SMILES string of the molecule is C(CCC1CO1)COCCOCCOCCCCC1CO1. The molecule has 2 saturated heterocycles. The number of epoxide rings is 2. The topological polar surface area (TPSA) is 52.8 Å². The summed E-state index contributed by atoms with van der Waals surface area (Å²) < 4.78 is 26.8. The van der Waals surface area contributed by atoms with Crippen LogP contribution in [0.15, 0.2) is 0 Å². The zero-order valence-corrected chi connectivity index (χ0v) is 13.1. The molecule has 0 amide bonds. The van der Waals surface area contributed by atoms with Crippen LogP contribution >= 0.6 is 0 Å². The van der Waals surface area contributed by atoms with Crippen LogP contribution in [0.1, 0.15) is 38.5 Å². The van der Waals surface area contributed by atoms with Gasteiger partial charge in [0.15, 0.2) is 0 Å². The van der Waals surface area contributed by atoms with E-state index in [0.717, 1.165) is 39.3 Å². The quantitative estimate of drug-likeness (QED) is 0.323. The van der Waals surface area contributed by atoms with Crippen molar-refractivity contribution in [1.29, 1.82) is 0 Å². The summed E-state index contributed by atoms with van der Waals surface area (Å²) in [6, 6.07) is 0. The third kappa shape index (κ3) is 11.1. The van der Waals surface area contributed by atoms with Crippen LogP contribution in [0, 0.1) is 0 Å². The Bertz CT molecular complexity index is 217. The van der Waals surface area contributed by atoms with Crippen molar-refractivity contribution in [1.82, 2.24) is 0 Å². The van der Waals surface area contributed by atoms with Crippen molar-refractivity contribution >= 4 is 0 Å². The van der Waals surface area contributed by atoms with Crippen molar-refractivity contribution in [2.45, 2.75) is 50.7 Å². The Hall–Kier alpha value is -0.200. The van der Waals surface area contributed by atoms with Crippen LogP contribution in [-0.2, 0) is 23.7 Å². The van der Waals surface area contributed by atoms with Gasteiger partial charge in [0.05, 0.1) is 51.8 Å². The molecule has 5 nitrogen and oxygen atoms in total. The maximum absolute atomic E-state index is 5.51. The van der Waals surface area contributed by atoms with Crippen molar-refractivity contribution in [2.24, 2.45) is 0 Å². The highest BCUT2D eigenvalue weighted by Crippen LogP contribution is 2.16. The summed E-state index contributed by atoms with van der Waals surface area (Å²) in [5.74, 6) is 0. The molecule has 0 aromatic rings. The standard InChI is InChI=1S/C16H30O5/c1(5-15-13-20-15)3-7-17-9-11-19-12-10-18-8-4-2-6-16-14-21-16/h15-16H,1-14H2. The van der Waals surface area contributed by atoms with E-state index < -0.39 is 0 Å². The van der Waals surface area contributed by atoms with Gasteiger partial charge in [-0.3, -0.25) is 0 Å². The van der Waals surface area contributed by atoms with Crippen molar-refractivity contribution in [3.63, 3.8) is 0 Å². The fraction of sp³-hybridized carbons (Fsp3) is 1.00. The zero-order valence-electron chi connectivity index (χ0n) is 13.1. The van der Waals surface area contributed by atoms with Crippen LogP contribution < -0.4 is 0 Å². The van der Waals surface area contributed by atoms with Crippen molar-refractivity contribution < 1.29 is 23.7 Å². The van der Waals surface area contributed by atoms with Crippen LogP contribution in [0.5, 0.6) is 0 Å². The molecule has 5 heteroatoms. The molecule has 2 aliphatic heterocycles. The summed E-state index contributed by atoms with van der Waals surface area (Å²) in [6.07, 6.45) is 8.11. The Balaban J connectivity index is 1.16. The van der Waals surface area contributed by atoms with E-state index in [1.807, 2.05) is 0 Å². The highest BCUT2D eigenvalue weighted by molar-refractivity contribution is 4.68. The molecule has 0 radical (unpaired) electrons. The van der Waals surface area contributed by atoms with Gasteiger partial charge < -0.3 is 23.7 Å². The molecule has 0 spiro atoms. The molecule has 2 atom stereocenters. The highest BCUT2D eigenvalue weighted by atomic mass is 16.6. The molecule has 0 N–H and O–H groups in total. The molecule has 2 unspecified atom stereocenters. The predicted molar refractivity (Wildman–Crippen MR) is 79.6 cm³/mol. The monoisotopic (exact) mass is 302 g/mol. The Kier molecular flexibility index (Phi) is 9.30. The van der Waals surface area contributed by atoms with Gasteiger partial charge in [0.1, 0.15) is 0 Å². The molecule has 124 valence electrons. The minimum Gasteiger partial charge on any atom is -0.379 e. The second-order valence-corrected chi connectivity index (χ2v) is 5.74. The fourth-order valence-corrected chi connectivity index (χ4v) is 2.16. The Morgan fingerprint density at radius 3 is 1.33 bits per heavy atom. The summed E-state index contributed by atoms with van der Waals surface area (Å²) in [5, 5.41) is 0. The van der Waals surface area contributed by atoms with Crippen molar-refractivity contribution in [3.8, 4) is 0 Å². The van der Waals surface area contributed by atoms with Crippen LogP contribution in [0.25, 0.3) is 0 Å². The van der Waals surface area contributed by atoms with Gasteiger partial charge in [0.2, 0.25) is 0 Å². The molecule has 0 aromatic heterocycles. The van der Waals surface area contributed by atoms with Crippen molar-refractivity contribution in [3.05, 3.63) is 0 Å². The maximum Gasteiger partial charge on any atom is 0.0810 e. The smallest absolute Gasteiger partial charge is 0.0810 e. The normalized spacial score (nSPS) is 23.4. The maximum atomic E-state index is 5.51. The Morgan fingerprint density at radius 2 is 0.952 bits per heavy atom. The van der Waals surface area contributed by atoms with Gasteiger partial charge in [-0.1, -0.05) is 0 Å². The number of rotatable bonds is 16. The predicted octanol–water partition coefficient (Wildman–Crippen LogP) is 2.17. The lowest BCUT2D eigenvalue weighted by Gasteiger charge is -2.06. The fourth-order valence-electron chi connectivity index (χ4n) is 2.16. The summed E-state index contributed by atoms with van der Waals surface area (Å²) in [4.78, 5) is 0. The number of ether oxygens (including phenoxy) is 5. The average molecular weight is 302 g/mol. The van der Waals surface area contributed by atoms with E-state index in [-0.39, 0.29) is 0 Å². The van der Waals surface area contributed by atoms with Gasteiger partial charge in [0, 0.05) is 13.2 Å². The third-order valence-corrected chi connectivity index (χ3v) is 3.68.